The molecule has 0 aliphatic heterocycles. The van der Waals surface area contributed by atoms with Crippen LogP contribution >= 0.6 is 7.81 Å². The van der Waals surface area contributed by atoms with E-state index in [-0.39, 0.29) is 12.1 Å². The third-order valence-corrected chi connectivity index (χ3v) is 6.66. The summed E-state index contributed by atoms with van der Waals surface area (Å²) < 4.78 is 59.2. The smallest absolute Gasteiger partial charge is 0.173 e. The molecule has 49 heavy (non-hydrogen) atoms. The predicted molar refractivity (Wildman–Crippen MR) is 175 cm³/mol. The topological polar surface area (TPSA) is 108 Å². The molecule has 256 valence electrons. The summed E-state index contributed by atoms with van der Waals surface area (Å²) in [5, 5.41) is 0. The van der Waals surface area contributed by atoms with Crippen molar-refractivity contribution in [3.63, 3.8) is 0 Å². The van der Waals surface area contributed by atoms with Crippen LogP contribution in [0, 0.1) is 0 Å². The zero-order valence-electron chi connectivity index (χ0n) is 25.9. The molecule has 0 saturated heterocycles. The molecule has 3 N–H and O–H groups in total. The van der Waals surface area contributed by atoms with Crippen LogP contribution in [0.2, 0.25) is 0 Å². The third-order valence-electron chi connectivity index (χ3n) is 6.66. The van der Waals surface area contributed by atoms with Crippen LogP contribution in [0.5, 0.6) is 0 Å². The van der Waals surface area contributed by atoms with Crippen LogP contribution in [0.1, 0.15) is 46.2 Å². The van der Waals surface area contributed by atoms with E-state index in [1.54, 1.807) is 12.4 Å². The van der Waals surface area contributed by atoms with Crippen LogP contribution in [0.3, 0.4) is 0 Å². The maximum Gasteiger partial charge on any atom is 0.173 e. The summed E-state index contributed by atoms with van der Waals surface area (Å²) in [6, 6.07) is 35.2. The fraction of sp³-hybridized carbons (Fsp3) is 0.118. The van der Waals surface area contributed by atoms with Gasteiger partial charge in [-0.2, -0.15) is 0 Å². The summed E-state index contributed by atoms with van der Waals surface area (Å²) in [5.74, 6) is 0. The fourth-order valence-corrected chi connectivity index (χ4v) is 4.67. The molecule has 0 aliphatic rings. The molecule has 6 aromatic heterocycles. The van der Waals surface area contributed by atoms with Crippen molar-refractivity contribution in [3.05, 3.63) is 181 Å². The molecule has 0 bridgehead atoms. The molecule has 0 unspecified atom stereocenters. The minimum absolute atomic E-state index is 0.0218. The van der Waals surface area contributed by atoms with E-state index in [1.807, 2.05) is 110 Å². The number of aromatic nitrogens is 6. The van der Waals surface area contributed by atoms with E-state index in [1.165, 1.54) is 4.90 Å². The van der Waals surface area contributed by atoms with E-state index in [0.717, 1.165) is 47.3 Å². The quantitative estimate of drug-likeness (QED) is 0.119. The Morgan fingerprint density at radius 1 is 0.449 bits per heavy atom. The number of pyridine rings is 6. The number of hydrogen-bond donors (Lipinski definition) is 2. The molecular formula is C34H33F6N8P. The first-order valence-electron chi connectivity index (χ1n) is 14.8. The minimum Gasteiger partial charge on any atom is -0.318 e. The van der Waals surface area contributed by atoms with Crippen LogP contribution < -0.4 is 10.6 Å². The van der Waals surface area contributed by atoms with Gasteiger partial charge in [-0.3, -0.25) is 29.9 Å². The van der Waals surface area contributed by atoms with Crippen molar-refractivity contribution < 1.29 is 30.1 Å². The van der Waals surface area contributed by atoms with Crippen molar-refractivity contribution in [2.75, 3.05) is 0 Å². The second kappa shape index (κ2) is 15.8. The Hall–Kier alpha value is -5.17. The normalized spacial score (nSPS) is 12.6. The molecule has 0 spiro atoms. The Morgan fingerprint density at radius 3 is 1.00 bits per heavy atom. The van der Waals surface area contributed by atoms with Crippen molar-refractivity contribution >= 4 is 7.81 Å². The molecule has 6 heterocycles. The van der Waals surface area contributed by atoms with Gasteiger partial charge in [0, 0.05) is 37.2 Å². The van der Waals surface area contributed by atoms with Gasteiger partial charge in [0.2, 0.25) is 0 Å². The van der Waals surface area contributed by atoms with Gasteiger partial charge in [0.25, 0.3) is 0 Å². The van der Waals surface area contributed by atoms with Crippen molar-refractivity contribution in [3.8, 4) is 0 Å². The van der Waals surface area contributed by atoms with Crippen LogP contribution in [-0.4, -0.2) is 29.9 Å². The molecule has 8 nitrogen and oxygen atoms in total. The van der Waals surface area contributed by atoms with Crippen molar-refractivity contribution in [2.24, 2.45) is 5.73 Å². The summed E-state index contributed by atoms with van der Waals surface area (Å²) in [4.78, 5) is 28.1. The van der Waals surface area contributed by atoms with Crippen LogP contribution in [-0.2, 0) is 13.1 Å². The second-order valence-electron chi connectivity index (χ2n) is 10.5. The Morgan fingerprint density at radius 2 is 0.735 bits per heavy atom. The summed E-state index contributed by atoms with van der Waals surface area (Å²) in [6.07, 6.45) is 10.8. The van der Waals surface area contributed by atoms with Gasteiger partial charge in [-0.25, -0.2) is 0 Å². The van der Waals surface area contributed by atoms with Gasteiger partial charge in [0.1, 0.15) is 24.5 Å². The monoisotopic (exact) mass is 698 g/mol. The Kier molecular flexibility index (Phi) is 11.8. The van der Waals surface area contributed by atoms with Gasteiger partial charge < -0.3 is 10.6 Å². The number of nitrogens with two attached hydrogens (primary N) is 1. The van der Waals surface area contributed by atoms with Crippen molar-refractivity contribution in [2.45, 2.75) is 25.2 Å². The van der Waals surface area contributed by atoms with E-state index in [9.17, 15) is 25.2 Å². The van der Waals surface area contributed by atoms with Crippen molar-refractivity contribution in [1.29, 1.82) is 0 Å². The molecule has 0 aliphatic carbocycles. The molecule has 6 aromatic rings. The average Bonchev–Trinajstić information content (AvgIpc) is 3.10. The van der Waals surface area contributed by atoms with E-state index in [4.69, 9.17) is 5.73 Å². The molecular weight excluding hydrogens is 665 g/mol. The predicted octanol–water partition coefficient (Wildman–Crippen LogP) is 7.55. The number of nitrogens with one attached hydrogen (secondary N) is 1. The van der Waals surface area contributed by atoms with Gasteiger partial charge >= 0.3 is 33.0 Å². The van der Waals surface area contributed by atoms with E-state index in [0.29, 0.717) is 0 Å². The Balaban J connectivity index is 0.000000213. The van der Waals surface area contributed by atoms with Gasteiger partial charge in [0.15, 0.2) is 6.04 Å². The summed E-state index contributed by atoms with van der Waals surface area (Å²) >= 11 is 0. The summed E-state index contributed by atoms with van der Waals surface area (Å²) in [7, 11) is -10.7. The molecule has 15 heteroatoms. The molecule has 0 saturated carbocycles. The first-order valence-corrected chi connectivity index (χ1v) is 16.9. The van der Waals surface area contributed by atoms with Crippen LogP contribution in [0.25, 0.3) is 0 Å². The fourth-order valence-electron chi connectivity index (χ4n) is 4.67. The third kappa shape index (κ3) is 14.2. The van der Waals surface area contributed by atoms with Gasteiger partial charge in [-0.15, -0.1) is 0 Å². The van der Waals surface area contributed by atoms with Gasteiger partial charge in [-0.05, 0) is 72.8 Å². The molecule has 0 fully saturated rings. The van der Waals surface area contributed by atoms with Gasteiger partial charge in [-0.1, -0.05) is 36.4 Å². The first kappa shape index (κ1) is 36.7. The van der Waals surface area contributed by atoms with E-state index in [2.05, 4.69) is 54.2 Å². The summed E-state index contributed by atoms with van der Waals surface area (Å²) in [5.41, 5.74) is 11.7. The zero-order valence-corrected chi connectivity index (χ0v) is 26.8. The average molecular weight is 699 g/mol. The molecule has 6 rings (SSSR count). The standard InChI is InChI=1S/C23H21N5.C11H11N3.F6P/c1-5-13-24-19(9-1)17-28(18-20-10-2-6-14-25-20)23(21-11-3-7-15-26-21)22-12-4-8-16-27-22;12-11(9-5-1-3-7-13-9)10-6-2-4-8-14-10;1-7(2,3,4,5)6/h1-16,23H,17-18H2;1-8,11H,12H2;/q;;-1/p+1. The first-order chi connectivity index (χ1) is 23.2. The molecule has 0 radical (unpaired) electrons. The minimum atomic E-state index is -10.7. The molecule has 0 amide bonds. The number of rotatable bonds is 9. The number of halogens is 6. The van der Waals surface area contributed by atoms with Crippen LogP contribution in [0.15, 0.2) is 146 Å². The van der Waals surface area contributed by atoms with Crippen molar-refractivity contribution in [1.82, 2.24) is 29.9 Å². The Bertz CT molecular complexity index is 1680. The van der Waals surface area contributed by atoms with Gasteiger partial charge in [0.05, 0.1) is 28.8 Å². The van der Waals surface area contributed by atoms with E-state index >= 15 is 0 Å². The number of hydrogen-bond acceptors (Lipinski definition) is 7. The zero-order chi connectivity index (χ0) is 35.2. The maximum atomic E-state index is 9.87. The number of quaternary nitrogens is 1. The second-order valence-corrected chi connectivity index (χ2v) is 12.5. The Labute approximate surface area is 279 Å². The summed E-state index contributed by atoms with van der Waals surface area (Å²) in [6.45, 7) is 1.49. The largest absolute Gasteiger partial charge is 0.318 e. The maximum absolute atomic E-state index is 10.7. The van der Waals surface area contributed by atoms with Crippen LogP contribution in [0.4, 0.5) is 25.2 Å². The molecule has 0 atom stereocenters. The molecule has 0 aromatic carbocycles. The SMILES string of the molecule is F[P-](F)(F)(F)(F)F.NC(c1ccccn1)c1ccccn1.c1ccc(C[NH+](Cc2ccccn2)C(c2ccccn2)c2ccccn2)nc1. The number of nitrogens with zero attached hydrogens (tertiary/aromatic N) is 6. The van der Waals surface area contributed by atoms with E-state index < -0.39 is 7.81 Å².